The Labute approximate surface area is 193 Å². The number of anilines is 2. The summed E-state index contributed by atoms with van der Waals surface area (Å²) in [5.41, 5.74) is 3.64. The Morgan fingerprint density at radius 1 is 1.03 bits per heavy atom. The summed E-state index contributed by atoms with van der Waals surface area (Å²) in [6.45, 7) is 7.59. The average molecular weight is 445 g/mol. The van der Waals surface area contributed by atoms with E-state index in [4.69, 9.17) is 14.5 Å². The number of esters is 1. The Balaban J connectivity index is 1.54. The minimum Gasteiger partial charge on any atom is -0.457 e. The molecule has 0 saturated carbocycles. The second-order valence-corrected chi connectivity index (χ2v) is 8.80. The Kier molecular flexibility index (Phi) is 6.05. The summed E-state index contributed by atoms with van der Waals surface area (Å²) in [6, 6.07) is 17.3. The molecular formula is C26H28N4O3. The number of nitrogens with one attached hydrogen (secondary N) is 1. The van der Waals surface area contributed by atoms with Crippen molar-refractivity contribution in [1.82, 2.24) is 14.5 Å². The van der Waals surface area contributed by atoms with Gasteiger partial charge in [0.1, 0.15) is 17.1 Å². The molecule has 0 fully saturated rings. The summed E-state index contributed by atoms with van der Waals surface area (Å²) in [5.74, 6) is 1.36. The molecule has 2 aromatic heterocycles. The SMILES string of the molecule is CCc1ccc(Nc2nc3cc(Oc4ccnc(C(=O)OC(C)(C)C)c4)ccc3n2C)cc1. The van der Waals surface area contributed by atoms with Crippen molar-refractivity contribution in [3.63, 3.8) is 0 Å². The topological polar surface area (TPSA) is 78.3 Å². The van der Waals surface area contributed by atoms with Crippen LogP contribution in [0, 0.1) is 0 Å². The first-order valence-corrected chi connectivity index (χ1v) is 10.9. The number of aryl methyl sites for hydroxylation is 2. The smallest absolute Gasteiger partial charge is 0.357 e. The summed E-state index contributed by atoms with van der Waals surface area (Å²) in [5, 5.41) is 3.37. The Hall–Kier alpha value is -3.87. The number of hydrogen-bond acceptors (Lipinski definition) is 6. The molecule has 0 atom stereocenters. The van der Waals surface area contributed by atoms with Crippen LogP contribution in [0.25, 0.3) is 11.0 Å². The maximum atomic E-state index is 12.3. The summed E-state index contributed by atoms with van der Waals surface area (Å²) >= 11 is 0. The summed E-state index contributed by atoms with van der Waals surface area (Å²) in [6.07, 6.45) is 2.53. The number of carbonyl (C=O) groups is 1. The van der Waals surface area contributed by atoms with Crippen LogP contribution < -0.4 is 10.1 Å². The summed E-state index contributed by atoms with van der Waals surface area (Å²) < 4.78 is 13.4. The zero-order chi connectivity index (χ0) is 23.6. The van der Waals surface area contributed by atoms with E-state index < -0.39 is 11.6 Å². The minimum atomic E-state index is -0.594. The van der Waals surface area contributed by atoms with E-state index in [-0.39, 0.29) is 5.69 Å². The first-order chi connectivity index (χ1) is 15.7. The molecule has 0 saturated heterocycles. The van der Waals surface area contributed by atoms with E-state index >= 15 is 0 Å². The number of ether oxygens (including phenoxy) is 2. The molecule has 0 spiro atoms. The molecule has 7 nitrogen and oxygen atoms in total. The van der Waals surface area contributed by atoms with Gasteiger partial charge in [0.05, 0.1) is 11.0 Å². The quantitative estimate of drug-likeness (QED) is 0.366. The lowest BCUT2D eigenvalue weighted by molar-refractivity contribution is 0.00624. The van der Waals surface area contributed by atoms with Crippen LogP contribution in [0.1, 0.15) is 43.7 Å². The van der Waals surface area contributed by atoms with Crippen LogP contribution in [0.2, 0.25) is 0 Å². The lowest BCUT2D eigenvalue weighted by atomic mass is 10.1. The molecular weight excluding hydrogens is 416 g/mol. The number of fused-ring (bicyclic) bond motifs is 1. The van der Waals surface area contributed by atoms with Crippen LogP contribution in [0.15, 0.2) is 60.8 Å². The van der Waals surface area contributed by atoms with Gasteiger partial charge in [0.25, 0.3) is 0 Å². The van der Waals surface area contributed by atoms with Gasteiger partial charge in [-0.05, 0) is 63.1 Å². The van der Waals surface area contributed by atoms with Gasteiger partial charge in [-0.25, -0.2) is 14.8 Å². The van der Waals surface area contributed by atoms with E-state index in [0.717, 1.165) is 29.1 Å². The lowest BCUT2D eigenvalue weighted by Gasteiger charge is -2.19. The van der Waals surface area contributed by atoms with Crippen molar-refractivity contribution in [2.24, 2.45) is 7.05 Å². The lowest BCUT2D eigenvalue weighted by Crippen LogP contribution is -2.24. The van der Waals surface area contributed by atoms with Crippen molar-refractivity contribution < 1.29 is 14.3 Å². The largest absolute Gasteiger partial charge is 0.457 e. The van der Waals surface area contributed by atoms with Crippen LogP contribution in [0.4, 0.5) is 11.6 Å². The average Bonchev–Trinajstić information content (AvgIpc) is 3.08. The van der Waals surface area contributed by atoms with Crippen molar-refractivity contribution in [2.45, 2.75) is 39.7 Å². The van der Waals surface area contributed by atoms with Gasteiger partial charge in [0.2, 0.25) is 5.95 Å². The minimum absolute atomic E-state index is 0.196. The third-order valence-corrected chi connectivity index (χ3v) is 5.05. The highest BCUT2D eigenvalue weighted by Crippen LogP contribution is 2.28. The fourth-order valence-corrected chi connectivity index (χ4v) is 3.36. The normalized spacial score (nSPS) is 11.4. The van der Waals surface area contributed by atoms with Gasteiger partial charge in [0, 0.05) is 31.1 Å². The zero-order valence-electron chi connectivity index (χ0n) is 19.5. The molecule has 0 aliphatic rings. The van der Waals surface area contributed by atoms with Crippen LogP contribution in [0.3, 0.4) is 0 Å². The fourth-order valence-electron chi connectivity index (χ4n) is 3.36. The number of imidazole rings is 1. The number of aromatic nitrogens is 3. The predicted octanol–water partition coefficient (Wildman–Crippen LogP) is 6.02. The molecule has 0 aliphatic carbocycles. The number of hydrogen-bond donors (Lipinski definition) is 1. The molecule has 4 aromatic rings. The maximum absolute atomic E-state index is 12.3. The fraction of sp³-hybridized carbons (Fsp3) is 0.269. The molecule has 0 unspecified atom stereocenters. The van der Waals surface area contributed by atoms with Gasteiger partial charge in [-0.1, -0.05) is 19.1 Å². The number of carbonyl (C=O) groups excluding carboxylic acids is 1. The first-order valence-electron chi connectivity index (χ1n) is 10.9. The van der Waals surface area contributed by atoms with Crippen LogP contribution in [-0.2, 0) is 18.2 Å². The molecule has 2 heterocycles. The van der Waals surface area contributed by atoms with E-state index in [0.29, 0.717) is 11.5 Å². The molecule has 0 amide bonds. The van der Waals surface area contributed by atoms with Gasteiger partial charge in [0.15, 0.2) is 5.69 Å². The van der Waals surface area contributed by atoms with Crippen molar-refractivity contribution in [2.75, 3.05) is 5.32 Å². The standard InChI is InChI=1S/C26H28N4O3/c1-6-17-7-9-18(10-8-17)28-25-29-21-15-19(11-12-23(21)30(25)5)32-20-13-14-27-22(16-20)24(31)33-26(2,3)4/h7-16H,6H2,1-5H3,(H,28,29). The highest BCUT2D eigenvalue weighted by molar-refractivity contribution is 5.88. The van der Waals surface area contributed by atoms with Gasteiger partial charge < -0.3 is 19.4 Å². The van der Waals surface area contributed by atoms with Crippen LogP contribution >= 0.6 is 0 Å². The summed E-state index contributed by atoms with van der Waals surface area (Å²) in [4.78, 5) is 21.1. The molecule has 2 aromatic carbocycles. The Morgan fingerprint density at radius 2 is 1.76 bits per heavy atom. The van der Waals surface area contributed by atoms with E-state index in [1.165, 1.54) is 11.8 Å². The third kappa shape index (κ3) is 5.31. The van der Waals surface area contributed by atoms with Crippen LogP contribution in [-0.4, -0.2) is 26.1 Å². The van der Waals surface area contributed by atoms with Crippen molar-refractivity contribution in [1.29, 1.82) is 0 Å². The monoisotopic (exact) mass is 444 g/mol. The molecule has 1 N–H and O–H groups in total. The Morgan fingerprint density at radius 3 is 2.45 bits per heavy atom. The molecule has 7 heteroatoms. The predicted molar refractivity (Wildman–Crippen MR) is 129 cm³/mol. The van der Waals surface area contributed by atoms with Gasteiger partial charge in [-0.2, -0.15) is 0 Å². The van der Waals surface area contributed by atoms with E-state index in [2.05, 4.69) is 41.5 Å². The zero-order valence-corrected chi connectivity index (χ0v) is 19.5. The third-order valence-electron chi connectivity index (χ3n) is 5.05. The number of benzene rings is 2. The van der Waals surface area contributed by atoms with Crippen molar-refractivity contribution >= 4 is 28.6 Å². The second-order valence-electron chi connectivity index (χ2n) is 8.80. The van der Waals surface area contributed by atoms with Gasteiger partial charge >= 0.3 is 5.97 Å². The molecule has 0 aliphatic heterocycles. The van der Waals surface area contributed by atoms with E-state index in [1.807, 2.05) is 50.6 Å². The van der Waals surface area contributed by atoms with E-state index in [9.17, 15) is 4.79 Å². The summed E-state index contributed by atoms with van der Waals surface area (Å²) in [7, 11) is 1.97. The number of nitrogens with zero attached hydrogens (tertiary/aromatic N) is 3. The van der Waals surface area contributed by atoms with Gasteiger partial charge in [-0.3, -0.25) is 0 Å². The maximum Gasteiger partial charge on any atom is 0.357 e. The first kappa shape index (κ1) is 22.3. The van der Waals surface area contributed by atoms with Crippen LogP contribution in [0.5, 0.6) is 11.5 Å². The molecule has 0 radical (unpaired) electrons. The molecule has 0 bridgehead atoms. The number of pyridine rings is 1. The molecule has 33 heavy (non-hydrogen) atoms. The molecule has 4 rings (SSSR count). The highest BCUT2D eigenvalue weighted by Gasteiger charge is 2.19. The Bertz CT molecular complexity index is 1290. The highest BCUT2D eigenvalue weighted by atomic mass is 16.6. The van der Waals surface area contributed by atoms with Crippen molar-refractivity contribution in [3.05, 3.63) is 72.1 Å². The second kappa shape index (κ2) is 8.94. The van der Waals surface area contributed by atoms with Crippen molar-refractivity contribution in [3.8, 4) is 11.5 Å². The van der Waals surface area contributed by atoms with E-state index in [1.54, 1.807) is 12.1 Å². The molecule has 170 valence electrons. The number of rotatable bonds is 6. The van der Waals surface area contributed by atoms with Gasteiger partial charge in [-0.15, -0.1) is 0 Å².